The van der Waals surface area contributed by atoms with Crippen LogP contribution in [0, 0.1) is 5.41 Å². The highest BCUT2D eigenvalue weighted by atomic mass is 16.7. The van der Waals surface area contributed by atoms with Crippen molar-refractivity contribution in [3.8, 4) is 0 Å². The molecule has 0 radical (unpaired) electrons. The van der Waals surface area contributed by atoms with Crippen LogP contribution in [-0.2, 0) is 28.5 Å². The van der Waals surface area contributed by atoms with E-state index in [4.69, 9.17) is 18.9 Å². The third-order valence-corrected chi connectivity index (χ3v) is 5.70. The van der Waals surface area contributed by atoms with Gasteiger partial charge < -0.3 is 39.4 Å². The normalized spacial score (nSPS) is 38.1. The number of esters is 2. The molecule has 0 bridgehead atoms. The van der Waals surface area contributed by atoms with E-state index in [1.807, 2.05) is 0 Å². The smallest absolute Gasteiger partial charge is 0.334 e. The van der Waals surface area contributed by atoms with Crippen LogP contribution in [0.25, 0.3) is 0 Å². The van der Waals surface area contributed by atoms with Crippen molar-refractivity contribution in [1.82, 2.24) is 0 Å². The summed E-state index contributed by atoms with van der Waals surface area (Å²) in [4.78, 5) is 24.4. The lowest BCUT2D eigenvalue weighted by atomic mass is 9.66. The molecule has 0 spiro atoms. The first-order valence-electron chi connectivity index (χ1n) is 9.63. The first-order valence-corrected chi connectivity index (χ1v) is 9.63. The number of aliphatic hydroxyl groups is 4. The topological polar surface area (TPSA) is 152 Å². The molecule has 10 nitrogen and oxygen atoms in total. The zero-order chi connectivity index (χ0) is 22.6. The molecule has 7 atom stereocenters. The Balaban J connectivity index is 2.36. The van der Waals surface area contributed by atoms with E-state index in [0.717, 1.165) is 0 Å². The minimum absolute atomic E-state index is 0.154. The molecule has 2 rings (SSSR count). The minimum atomic E-state index is -1.58. The predicted molar refractivity (Wildman–Crippen MR) is 102 cm³/mol. The molecule has 30 heavy (non-hydrogen) atoms. The van der Waals surface area contributed by atoms with Crippen molar-refractivity contribution in [3.63, 3.8) is 0 Å². The van der Waals surface area contributed by atoms with E-state index in [0.29, 0.717) is 5.57 Å². The van der Waals surface area contributed by atoms with Gasteiger partial charge in [0.05, 0.1) is 33.4 Å². The molecule has 1 saturated heterocycles. The molecule has 0 aromatic heterocycles. The maximum Gasteiger partial charge on any atom is 0.334 e. The fourth-order valence-corrected chi connectivity index (χ4v) is 4.04. The van der Waals surface area contributed by atoms with E-state index in [1.165, 1.54) is 14.2 Å². The highest BCUT2D eigenvalue weighted by Crippen LogP contribution is 2.47. The van der Waals surface area contributed by atoms with Gasteiger partial charge in [-0.25, -0.2) is 4.79 Å². The summed E-state index contributed by atoms with van der Waals surface area (Å²) in [5, 5.41) is 39.6. The van der Waals surface area contributed by atoms with Gasteiger partial charge in [-0.3, -0.25) is 4.79 Å². The van der Waals surface area contributed by atoms with E-state index in [2.05, 4.69) is 0 Å². The molecule has 2 aliphatic rings. The standard InChI is InChI=1S/C20H30O10/c1-5-10-12(29-19-17(25)16(24)15(23)13(9-21)30-19)7-6-11(18(26)28-4)20(10,2)8-14(22)27-3/h5-6,12-13,15-17,19,21,23-25H,7-9H2,1-4H3/b10-5-/t12-,13?,15?,16?,17?,19?,20+/m1/s1. The summed E-state index contributed by atoms with van der Waals surface area (Å²) in [5.74, 6) is -1.13. The first kappa shape index (κ1) is 24.4. The Hall–Kier alpha value is -1.82. The molecule has 1 aliphatic heterocycles. The number of hydrogen-bond donors (Lipinski definition) is 4. The molecule has 5 unspecified atom stereocenters. The van der Waals surface area contributed by atoms with Crippen LogP contribution >= 0.6 is 0 Å². The molecule has 0 aromatic carbocycles. The molecule has 170 valence electrons. The zero-order valence-corrected chi connectivity index (χ0v) is 17.5. The Bertz CT molecular complexity index is 700. The van der Waals surface area contributed by atoms with Crippen LogP contribution in [0.15, 0.2) is 23.3 Å². The van der Waals surface area contributed by atoms with Crippen LogP contribution in [0.4, 0.5) is 0 Å². The number of carbonyl (C=O) groups is 2. The molecule has 1 heterocycles. The van der Waals surface area contributed by atoms with Crippen molar-refractivity contribution in [2.45, 2.75) is 63.5 Å². The molecular weight excluding hydrogens is 400 g/mol. The number of hydrogen-bond acceptors (Lipinski definition) is 10. The van der Waals surface area contributed by atoms with Gasteiger partial charge in [-0.05, 0) is 18.9 Å². The Morgan fingerprint density at radius 1 is 1.20 bits per heavy atom. The number of rotatable bonds is 6. The number of methoxy groups -OCH3 is 2. The van der Waals surface area contributed by atoms with Gasteiger partial charge in [0.15, 0.2) is 6.29 Å². The fraction of sp³-hybridized carbons (Fsp3) is 0.700. The van der Waals surface area contributed by atoms with E-state index in [1.54, 1.807) is 26.0 Å². The predicted octanol–water partition coefficient (Wildman–Crippen LogP) is -0.810. The maximum absolute atomic E-state index is 12.4. The van der Waals surface area contributed by atoms with Gasteiger partial charge in [-0.1, -0.05) is 19.1 Å². The average molecular weight is 430 g/mol. The van der Waals surface area contributed by atoms with Crippen LogP contribution < -0.4 is 0 Å². The summed E-state index contributed by atoms with van der Waals surface area (Å²) in [6.45, 7) is 2.82. The summed E-state index contributed by atoms with van der Waals surface area (Å²) in [6.07, 6.45) is -4.50. The lowest BCUT2D eigenvalue weighted by Crippen LogP contribution is -2.60. The second-order valence-corrected chi connectivity index (χ2v) is 7.50. The SMILES string of the molecule is C/C=C1/[C@H](OC2OC(CO)C(O)C(O)C2O)CC=C(C(=O)OC)[C@@]1(C)CC(=O)OC. The highest BCUT2D eigenvalue weighted by Gasteiger charge is 2.49. The number of carbonyl (C=O) groups excluding carboxylic acids is 2. The number of aliphatic hydroxyl groups excluding tert-OH is 4. The monoisotopic (exact) mass is 430 g/mol. The molecule has 10 heteroatoms. The van der Waals surface area contributed by atoms with E-state index >= 15 is 0 Å². The van der Waals surface area contributed by atoms with Crippen molar-refractivity contribution in [2.24, 2.45) is 5.41 Å². The Morgan fingerprint density at radius 3 is 2.40 bits per heavy atom. The van der Waals surface area contributed by atoms with Gasteiger partial charge in [0.25, 0.3) is 0 Å². The maximum atomic E-state index is 12.4. The lowest BCUT2D eigenvalue weighted by Gasteiger charge is -2.44. The van der Waals surface area contributed by atoms with Gasteiger partial charge in [-0.2, -0.15) is 0 Å². The molecular formula is C20H30O10. The molecule has 0 aromatic rings. The summed E-state index contributed by atoms with van der Waals surface area (Å²) in [5.41, 5.74) is -0.267. The summed E-state index contributed by atoms with van der Waals surface area (Å²) >= 11 is 0. The van der Waals surface area contributed by atoms with Crippen molar-refractivity contribution in [2.75, 3.05) is 20.8 Å². The van der Waals surface area contributed by atoms with E-state index in [-0.39, 0.29) is 18.4 Å². The third-order valence-electron chi connectivity index (χ3n) is 5.70. The summed E-state index contributed by atoms with van der Waals surface area (Å²) in [7, 11) is 2.49. The van der Waals surface area contributed by atoms with Gasteiger partial charge >= 0.3 is 11.9 Å². The van der Waals surface area contributed by atoms with Crippen molar-refractivity contribution >= 4 is 11.9 Å². The summed E-state index contributed by atoms with van der Waals surface area (Å²) < 4.78 is 21.0. The number of allylic oxidation sites excluding steroid dienone is 1. The fourth-order valence-electron chi connectivity index (χ4n) is 4.04. The van der Waals surface area contributed by atoms with Crippen LogP contribution in [-0.4, -0.2) is 90.0 Å². The second kappa shape index (κ2) is 9.99. The van der Waals surface area contributed by atoms with Gasteiger partial charge in [-0.15, -0.1) is 0 Å². The minimum Gasteiger partial charge on any atom is -0.469 e. The van der Waals surface area contributed by atoms with E-state index in [9.17, 15) is 30.0 Å². The van der Waals surface area contributed by atoms with Crippen molar-refractivity contribution < 1.29 is 49.0 Å². The molecule has 0 saturated carbocycles. The van der Waals surface area contributed by atoms with Gasteiger partial charge in [0, 0.05) is 11.0 Å². The molecule has 4 N–H and O–H groups in total. The zero-order valence-electron chi connectivity index (χ0n) is 17.5. The quantitative estimate of drug-likeness (QED) is 0.311. The largest absolute Gasteiger partial charge is 0.469 e. The highest BCUT2D eigenvalue weighted by molar-refractivity contribution is 5.92. The number of ether oxygens (including phenoxy) is 4. The van der Waals surface area contributed by atoms with Gasteiger partial charge in [0.1, 0.15) is 24.4 Å². The average Bonchev–Trinajstić information content (AvgIpc) is 2.73. The first-order chi connectivity index (χ1) is 14.1. The second-order valence-electron chi connectivity index (χ2n) is 7.50. The molecule has 1 aliphatic carbocycles. The van der Waals surface area contributed by atoms with Crippen LogP contribution in [0.5, 0.6) is 0 Å². The molecule has 1 fully saturated rings. The Labute approximate surface area is 174 Å². The van der Waals surface area contributed by atoms with Crippen LogP contribution in [0.2, 0.25) is 0 Å². The Kier molecular flexibility index (Phi) is 8.14. The molecule has 0 amide bonds. The van der Waals surface area contributed by atoms with E-state index < -0.39 is 60.8 Å². The van der Waals surface area contributed by atoms with Crippen LogP contribution in [0.3, 0.4) is 0 Å². The summed E-state index contributed by atoms with van der Waals surface area (Å²) in [6, 6.07) is 0. The Morgan fingerprint density at radius 2 is 1.87 bits per heavy atom. The van der Waals surface area contributed by atoms with Gasteiger partial charge in [0.2, 0.25) is 0 Å². The van der Waals surface area contributed by atoms with Crippen LogP contribution in [0.1, 0.15) is 26.7 Å². The third kappa shape index (κ3) is 4.58. The lowest BCUT2D eigenvalue weighted by molar-refractivity contribution is -0.309. The van der Waals surface area contributed by atoms with Crippen molar-refractivity contribution in [1.29, 1.82) is 0 Å². The van der Waals surface area contributed by atoms with Crippen molar-refractivity contribution in [3.05, 3.63) is 23.3 Å².